The van der Waals surface area contributed by atoms with Crippen LogP contribution in [0.4, 0.5) is 0 Å². The second kappa shape index (κ2) is 6.14. The van der Waals surface area contributed by atoms with Crippen molar-refractivity contribution in [3.63, 3.8) is 0 Å². The van der Waals surface area contributed by atoms with Gasteiger partial charge in [-0.25, -0.2) is 0 Å². The molecule has 2 unspecified atom stereocenters. The number of hydrogen-bond donors (Lipinski definition) is 1. The zero-order valence-corrected chi connectivity index (χ0v) is 11.7. The van der Waals surface area contributed by atoms with Gasteiger partial charge in [0.25, 0.3) is 0 Å². The molecule has 2 aliphatic heterocycles. The number of likely N-dealkylation sites (N-methyl/N-ethyl adjacent to an activating group) is 3. The van der Waals surface area contributed by atoms with E-state index in [1.165, 1.54) is 39.0 Å². The summed E-state index contributed by atoms with van der Waals surface area (Å²) in [5.41, 5.74) is 0. The van der Waals surface area contributed by atoms with Gasteiger partial charge in [-0.2, -0.15) is 0 Å². The van der Waals surface area contributed by atoms with Crippen molar-refractivity contribution in [3.05, 3.63) is 0 Å². The Morgan fingerprint density at radius 2 is 2.12 bits per heavy atom. The van der Waals surface area contributed by atoms with Gasteiger partial charge in [-0.3, -0.25) is 0 Å². The van der Waals surface area contributed by atoms with Gasteiger partial charge < -0.3 is 20.0 Å². The SMILES string of the molecule is CN1CCC(N(C)CCC2CNCCN2C)C1. The third kappa shape index (κ3) is 3.65. The minimum absolute atomic E-state index is 0.727. The molecule has 0 spiro atoms. The van der Waals surface area contributed by atoms with Gasteiger partial charge in [0.05, 0.1) is 0 Å². The van der Waals surface area contributed by atoms with Crippen LogP contribution in [0, 0.1) is 0 Å². The molecule has 2 aliphatic rings. The average molecular weight is 240 g/mol. The van der Waals surface area contributed by atoms with Crippen LogP contribution in [0.5, 0.6) is 0 Å². The first kappa shape index (κ1) is 13.3. The van der Waals surface area contributed by atoms with Gasteiger partial charge in [0.15, 0.2) is 0 Å². The summed E-state index contributed by atoms with van der Waals surface area (Å²) in [6.07, 6.45) is 2.63. The Morgan fingerprint density at radius 1 is 1.29 bits per heavy atom. The maximum atomic E-state index is 3.50. The smallest absolute Gasteiger partial charge is 0.0232 e. The summed E-state index contributed by atoms with van der Waals surface area (Å²) in [4.78, 5) is 7.51. The second-order valence-electron chi connectivity index (χ2n) is 5.81. The van der Waals surface area contributed by atoms with Crippen molar-refractivity contribution in [3.8, 4) is 0 Å². The number of nitrogens with zero attached hydrogens (tertiary/aromatic N) is 3. The number of hydrogen-bond acceptors (Lipinski definition) is 4. The van der Waals surface area contributed by atoms with E-state index < -0.39 is 0 Å². The van der Waals surface area contributed by atoms with Gasteiger partial charge >= 0.3 is 0 Å². The topological polar surface area (TPSA) is 21.8 Å². The summed E-state index contributed by atoms with van der Waals surface area (Å²) >= 11 is 0. The maximum absolute atomic E-state index is 3.50. The van der Waals surface area contributed by atoms with Gasteiger partial charge in [-0.05, 0) is 47.1 Å². The molecule has 0 saturated carbocycles. The third-order valence-corrected chi connectivity index (χ3v) is 4.45. The summed E-state index contributed by atoms with van der Waals surface area (Å²) in [7, 11) is 6.78. The number of rotatable bonds is 4. The van der Waals surface area contributed by atoms with Crippen molar-refractivity contribution < 1.29 is 0 Å². The molecule has 0 aliphatic carbocycles. The van der Waals surface area contributed by atoms with E-state index >= 15 is 0 Å². The van der Waals surface area contributed by atoms with Crippen LogP contribution in [0.1, 0.15) is 12.8 Å². The Kier molecular flexibility index (Phi) is 4.79. The van der Waals surface area contributed by atoms with Crippen LogP contribution in [0.15, 0.2) is 0 Å². The van der Waals surface area contributed by atoms with Crippen molar-refractivity contribution in [1.29, 1.82) is 0 Å². The van der Waals surface area contributed by atoms with Crippen molar-refractivity contribution in [1.82, 2.24) is 20.0 Å². The summed E-state index contributed by atoms with van der Waals surface area (Å²) in [5.74, 6) is 0. The van der Waals surface area contributed by atoms with E-state index in [0.717, 1.165) is 25.2 Å². The molecule has 4 nitrogen and oxygen atoms in total. The highest BCUT2D eigenvalue weighted by Gasteiger charge is 2.24. The predicted octanol–water partition coefficient (Wildman–Crippen LogP) is -0.0840. The van der Waals surface area contributed by atoms with Gasteiger partial charge in [-0.1, -0.05) is 0 Å². The van der Waals surface area contributed by atoms with Gasteiger partial charge in [0.2, 0.25) is 0 Å². The van der Waals surface area contributed by atoms with Crippen LogP contribution in [0.3, 0.4) is 0 Å². The largest absolute Gasteiger partial charge is 0.314 e. The van der Waals surface area contributed by atoms with E-state index in [2.05, 4.69) is 41.2 Å². The highest BCUT2D eigenvalue weighted by atomic mass is 15.2. The highest BCUT2D eigenvalue weighted by Crippen LogP contribution is 2.14. The van der Waals surface area contributed by atoms with Gasteiger partial charge in [0.1, 0.15) is 0 Å². The van der Waals surface area contributed by atoms with Crippen LogP contribution in [0.25, 0.3) is 0 Å². The molecule has 2 rings (SSSR count). The molecule has 0 bridgehead atoms. The lowest BCUT2D eigenvalue weighted by Gasteiger charge is -2.35. The second-order valence-corrected chi connectivity index (χ2v) is 5.81. The zero-order chi connectivity index (χ0) is 12.3. The quantitative estimate of drug-likeness (QED) is 0.742. The zero-order valence-electron chi connectivity index (χ0n) is 11.7. The fourth-order valence-electron chi connectivity index (χ4n) is 2.99. The molecule has 0 radical (unpaired) electrons. The van der Waals surface area contributed by atoms with E-state index in [0.29, 0.717) is 0 Å². The first-order valence-corrected chi connectivity index (χ1v) is 6.96. The minimum Gasteiger partial charge on any atom is -0.314 e. The van der Waals surface area contributed by atoms with Crippen molar-refractivity contribution in [2.45, 2.75) is 24.9 Å². The molecule has 17 heavy (non-hydrogen) atoms. The lowest BCUT2D eigenvalue weighted by molar-refractivity contribution is 0.159. The Bertz CT molecular complexity index is 233. The molecule has 0 amide bonds. The Balaban J connectivity index is 1.70. The summed E-state index contributed by atoms with van der Waals surface area (Å²) < 4.78 is 0. The fraction of sp³-hybridized carbons (Fsp3) is 1.00. The molecule has 2 fully saturated rings. The van der Waals surface area contributed by atoms with Crippen molar-refractivity contribution in [2.24, 2.45) is 0 Å². The molecular formula is C13H28N4. The maximum Gasteiger partial charge on any atom is 0.0232 e. The monoisotopic (exact) mass is 240 g/mol. The first-order chi connectivity index (χ1) is 8.16. The summed E-state index contributed by atoms with van der Waals surface area (Å²) in [6, 6.07) is 1.51. The fourth-order valence-corrected chi connectivity index (χ4v) is 2.99. The molecule has 100 valence electrons. The molecule has 4 heteroatoms. The molecule has 0 aromatic rings. The van der Waals surface area contributed by atoms with E-state index in [4.69, 9.17) is 0 Å². The first-order valence-electron chi connectivity index (χ1n) is 6.96. The van der Waals surface area contributed by atoms with E-state index in [1.54, 1.807) is 0 Å². The van der Waals surface area contributed by atoms with Crippen LogP contribution < -0.4 is 5.32 Å². The normalized spacial score (nSPS) is 32.5. The Labute approximate surface area is 106 Å². The van der Waals surface area contributed by atoms with Gasteiger partial charge in [0, 0.05) is 38.3 Å². The summed E-state index contributed by atoms with van der Waals surface area (Å²) in [6.45, 7) is 7.25. The number of likely N-dealkylation sites (tertiary alicyclic amines) is 1. The average Bonchev–Trinajstić information content (AvgIpc) is 2.74. The van der Waals surface area contributed by atoms with E-state index in [-0.39, 0.29) is 0 Å². The van der Waals surface area contributed by atoms with E-state index in [9.17, 15) is 0 Å². The lowest BCUT2D eigenvalue weighted by atomic mass is 10.1. The Morgan fingerprint density at radius 3 is 2.76 bits per heavy atom. The molecule has 2 saturated heterocycles. The molecule has 2 heterocycles. The van der Waals surface area contributed by atoms with Gasteiger partial charge in [-0.15, -0.1) is 0 Å². The number of nitrogens with one attached hydrogen (secondary N) is 1. The Hall–Kier alpha value is -0.160. The highest BCUT2D eigenvalue weighted by molar-refractivity contribution is 4.83. The molecule has 1 N–H and O–H groups in total. The standard InChI is InChI=1S/C13H28N4/c1-15-7-4-13(11-15)16(2)8-5-12-10-14-6-9-17(12)3/h12-14H,4-11H2,1-3H3. The third-order valence-electron chi connectivity index (χ3n) is 4.45. The predicted molar refractivity (Wildman–Crippen MR) is 72.4 cm³/mol. The van der Waals surface area contributed by atoms with Crippen LogP contribution >= 0.6 is 0 Å². The van der Waals surface area contributed by atoms with Crippen molar-refractivity contribution >= 4 is 0 Å². The van der Waals surface area contributed by atoms with Crippen LogP contribution in [-0.4, -0.2) is 87.2 Å². The summed E-state index contributed by atoms with van der Waals surface area (Å²) in [5, 5.41) is 3.50. The van der Waals surface area contributed by atoms with Crippen molar-refractivity contribution in [2.75, 3.05) is 60.4 Å². The van der Waals surface area contributed by atoms with Crippen LogP contribution in [-0.2, 0) is 0 Å². The van der Waals surface area contributed by atoms with Crippen LogP contribution in [0.2, 0.25) is 0 Å². The molecular weight excluding hydrogens is 212 g/mol. The molecule has 2 atom stereocenters. The lowest BCUT2D eigenvalue weighted by Crippen LogP contribution is -2.50. The molecule has 0 aromatic carbocycles. The number of piperazine rings is 1. The minimum atomic E-state index is 0.727. The van der Waals surface area contributed by atoms with E-state index in [1.807, 2.05) is 0 Å². The molecule has 0 aromatic heterocycles.